The number of carbonyl (C=O) groups excluding carboxylic acids is 1. The number of pyridine rings is 2. The average molecular weight is 422 g/mol. The van der Waals surface area contributed by atoms with E-state index in [4.69, 9.17) is 0 Å². The van der Waals surface area contributed by atoms with E-state index in [9.17, 15) is 9.59 Å². The van der Waals surface area contributed by atoms with Crippen molar-refractivity contribution in [2.75, 3.05) is 24.2 Å². The highest BCUT2D eigenvalue weighted by atomic mass is 16.2. The number of rotatable bonds is 7. The lowest BCUT2D eigenvalue weighted by Gasteiger charge is -2.41. The molecule has 1 amide bonds. The van der Waals surface area contributed by atoms with Gasteiger partial charge >= 0.3 is 0 Å². The van der Waals surface area contributed by atoms with Crippen LogP contribution in [0.2, 0.25) is 0 Å². The zero-order valence-corrected chi connectivity index (χ0v) is 18.1. The van der Waals surface area contributed by atoms with Crippen LogP contribution in [0.1, 0.15) is 44.9 Å². The van der Waals surface area contributed by atoms with Crippen molar-refractivity contribution in [3.8, 4) is 11.1 Å². The number of nitrogens with zero attached hydrogens (tertiary/aromatic N) is 2. The van der Waals surface area contributed by atoms with E-state index >= 15 is 0 Å². The average Bonchev–Trinajstić information content (AvgIpc) is 2.78. The number of aromatic nitrogens is 2. The maximum atomic E-state index is 12.6. The van der Waals surface area contributed by atoms with Crippen LogP contribution >= 0.6 is 0 Å². The van der Waals surface area contributed by atoms with Gasteiger partial charge in [0.05, 0.1) is 0 Å². The van der Waals surface area contributed by atoms with E-state index in [-0.39, 0.29) is 17.6 Å². The fourth-order valence-electron chi connectivity index (χ4n) is 4.37. The molecule has 164 valence electrons. The van der Waals surface area contributed by atoms with Crippen molar-refractivity contribution in [3.05, 3.63) is 53.1 Å². The van der Waals surface area contributed by atoms with Crippen molar-refractivity contribution < 1.29 is 4.79 Å². The molecule has 0 spiro atoms. The van der Waals surface area contributed by atoms with Crippen molar-refractivity contribution in [3.63, 3.8) is 0 Å². The molecule has 3 heterocycles. The normalized spacial score (nSPS) is 19.3. The molecule has 1 unspecified atom stereocenters. The molecule has 3 N–H and O–H groups in total. The van der Waals surface area contributed by atoms with E-state index in [0.717, 1.165) is 35.7 Å². The largest absolute Gasteiger partial charge is 0.373 e. The lowest BCUT2D eigenvalue weighted by Crippen LogP contribution is -2.55. The van der Waals surface area contributed by atoms with E-state index in [1.54, 1.807) is 23.4 Å². The molecule has 7 nitrogen and oxygen atoms in total. The standard InChI is InChI=1S/C24H31N5O2/c1-25-21-15-18(10-12-26-21)19-14-20(24(31)27-16-19)28-22-11-13-29(22)23(30)9-5-8-17-6-3-2-4-7-17/h5,9-10,12,14-17,22,28H,2-4,6-8,11,13H2,1H3,(H,25,26)(H,27,31). The predicted molar refractivity (Wildman–Crippen MR) is 124 cm³/mol. The summed E-state index contributed by atoms with van der Waals surface area (Å²) in [4.78, 5) is 33.8. The van der Waals surface area contributed by atoms with Crippen molar-refractivity contribution in [2.45, 2.75) is 51.1 Å². The summed E-state index contributed by atoms with van der Waals surface area (Å²) in [6, 6.07) is 5.65. The van der Waals surface area contributed by atoms with Gasteiger partial charge < -0.3 is 20.5 Å². The Hall–Kier alpha value is -3.09. The van der Waals surface area contributed by atoms with Gasteiger partial charge in [-0.3, -0.25) is 9.59 Å². The molecule has 2 aromatic rings. The maximum absolute atomic E-state index is 12.6. The van der Waals surface area contributed by atoms with Crippen LogP contribution in [-0.4, -0.2) is 40.5 Å². The summed E-state index contributed by atoms with van der Waals surface area (Å²) >= 11 is 0. The molecule has 1 atom stereocenters. The van der Waals surface area contributed by atoms with Gasteiger partial charge in [-0.25, -0.2) is 4.98 Å². The zero-order chi connectivity index (χ0) is 21.6. The van der Waals surface area contributed by atoms with E-state index in [1.807, 2.05) is 31.3 Å². The van der Waals surface area contributed by atoms with Gasteiger partial charge in [-0.1, -0.05) is 38.2 Å². The minimum Gasteiger partial charge on any atom is -0.373 e. The zero-order valence-electron chi connectivity index (χ0n) is 18.1. The SMILES string of the molecule is CNc1cc(-c2c[nH]c(=O)c(NC3CCN3C(=O)C=CCC3CCCCC3)c2)ccn1. The van der Waals surface area contributed by atoms with Crippen LogP contribution in [0.5, 0.6) is 0 Å². The van der Waals surface area contributed by atoms with Crippen molar-refractivity contribution >= 4 is 17.4 Å². The Labute approximate surface area is 183 Å². The Morgan fingerprint density at radius 3 is 2.81 bits per heavy atom. The maximum Gasteiger partial charge on any atom is 0.271 e. The molecular formula is C24H31N5O2. The summed E-state index contributed by atoms with van der Waals surface area (Å²) in [5, 5.41) is 6.27. The number of amides is 1. The lowest BCUT2D eigenvalue weighted by atomic mass is 9.87. The summed E-state index contributed by atoms with van der Waals surface area (Å²) in [6.45, 7) is 0.706. The molecule has 0 bridgehead atoms. The van der Waals surface area contributed by atoms with Gasteiger partial charge in [-0.05, 0) is 42.2 Å². The molecule has 2 aliphatic rings. The Morgan fingerprint density at radius 2 is 2.06 bits per heavy atom. The van der Waals surface area contributed by atoms with Crippen LogP contribution < -0.4 is 16.2 Å². The number of allylic oxidation sites excluding steroid dienone is 1. The first-order valence-electron chi connectivity index (χ1n) is 11.2. The number of hydrogen-bond donors (Lipinski definition) is 3. The fourth-order valence-corrected chi connectivity index (χ4v) is 4.37. The van der Waals surface area contributed by atoms with Gasteiger partial charge in [0.2, 0.25) is 5.91 Å². The molecule has 31 heavy (non-hydrogen) atoms. The predicted octanol–water partition coefficient (Wildman–Crippen LogP) is 3.98. The first-order valence-corrected chi connectivity index (χ1v) is 11.2. The molecule has 1 saturated heterocycles. The Morgan fingerprint density at radius 1 is 1.23 bits per heavy atom. The van der Waals surface area contributed by atoms with E-state index in [2.05, 4.69) is 20.6 Å². The molecular weight excluding hydrogens is 390 g/mol. The molecule has 1 aliphatic carbocycles. The van der Waals surface area contributed by atoms with Gasteiger partial charge in [0, 0.05) is 38.0 Å². The van der Waals surface area contributed by atoms with Gasteiger partial charge in [0.25, 0.3) is 5.56 Å². The number of aromatic amines is 1. The lowest BCUT2D eigenvalue weighted by molar-refractivity contribution is -0.132. The number of H-pyrrole nitrogens is 1. The summed E-state index contributed by atoms with van der Waals surface area (Å²) < 4.78 is 0. The fraction of sp³-hybridized carbons (Fsp3) is 0.458. The first-order chi connectivity index (χ1) is 15.1. The Bertz CT molecular complexity index is 993. The molecule has 1 saturated carbocycles. The summed E-state index contributed by atoms with van der Waals surface area (Å²) in [7, 11) is 1.82. The van der Waals surface area contributed by atoms with Gasteiger partial charge in [-0.2, -0.15) is 0 Å². The van der Waals surface area contributed by atoms with E-state index < -0.39 is 0 Å². The molecule has 2 aromatic heterocycles. The van der Waals surface area contributed by atoms with Crippen LogP contribution in [0.25, 0.3) is 11.1 Å². The topological polar surface area (TPSA) is 90.1 Å². The van der Waals surface area contributed by atoms with Crippen molar-refractivity contribution in [2.24, 2.45) is 5.92 Å². The van der Waals surface area contributed by atoms with Crippen LogP contribution in [-0.2, 0) is 4.79 Å². The van der Waals surface area contributed by atoms with Crippen LogP contribution in [0.4, 0.5) is 11.5 Å². The van der Waals surface area contributed by atoms with Gasteiger partial charge in [-0.15, -0.1) is 0 Å². The molecule has 2 fully saturated rings. The van der Waals surface area contributed by atoms with Crippen LogP contribution in [0.3, 0.4) is 0 Å². The molecule has 0 aromatic carbocycles. The highest BCUT2D eigenvalue weighted by Crippen LogP contribution is 2.27. The summed E-state index contributed by atoms with van der Waals surface area (Å²) in [5.74, 6) is 1.50. The van der Waals surface area contributed by atoms with Crippen LogP contribution in [0.15, 0.2) is 47.5 Å². The van der Waals surface area contributed by atoms with Crippen molar-refractivity contribution in [1.29, 1.82) is 0 Å². The molecule has 4 rings (SSSR count). The number of hydrogen-bond acceptors (Lipinski definition) is 5. The minimum absolute atomic E-state index is 0.0138. The van der Waals surface area contributed by atoms with Crippen LogP contribution in [0, 0.1) is 5.92 Å². The highest BCUT2D eigenvalue weighted by Gasteiger charge is 2.31. The number of anilines is 2. The van der Waals surface area contributed by atoms with Gasteiger partial charge in [0.1, 0.15) is 17.7 Å². The third-order valence-electron chi connectivity index (χ3n) is 6.33. The highest BCUT2D eigenvalue weighted by molar-refractivity contribution is 5.88. The molecule has 7 heteroatoms. The number of nitrogens with one attached hydrogen (secondary N) is 3. The quantitative estimate of drug-likeness (QED) is 0.589. The smallest absolute Gasteiger partial charge is 0.271 e. The summed E-state index contributed by atoms with van der Waals surface area (Å²) in [6.07, 6.45) is 15.3. The monoisotopic (exact) mass is 421 g/mol. The minimum atomic E-state index is -0.196. The third kappa shape index (κ3) is 5.16. The van der Waals surface area contributed by atoms with E-state index in [0.29, 0.717) is 12.2 Å². The second kappa shape index (κ2) is 9.81. The first kappa shape index (κ1) is 21.2. The van der Waals surface area contributed by atoms with E-state index in [1.165, 1.54) is 32.1 Å². The second-order valence-corrected chi connectivity index (χ2v) is 8.43. The van der Waals surface area contributed by atoms with Gasteiger partial charge in [0.15, 0.2) is 0 Å². The Kier molecular flexibility index (Phi) is 6.70. The number of likely N-dealkylation sites (tertiary alicyclic amines) is 1. The molecule has 1 aliphatic heterocycles. The summed E-state index contributed by atoms with van der Waals surface area (Å²) in [5.41, 5.74) is 2.10. The van der Waals surface area contributed by atoms with Crippen molar-refractivity contribution in [1.82, 2.24) is 14.9 Å². The molecule has 0 radical (unpaired) electrons. The third-order valence-corrected chi connectivity index (χ3v) is 6.33. The Balaban J connectivity index is 1.39. The number of carbonyl (C=O) groups is 1. The second-order valence-electron chi connectivity index (χ2n) is 8.43.